The minimum atomic E-state index is 0.0581. The van der Waals surface area contributed by atoms with Crippen LogP contribution >= 0.6 is 0 Å². The Hall–Kier alpha value is -1.35. The highest BCUT2D eigenvalue weighted by Gasteiger charge is 2.29. The minimum Gasteiger partial charge on any atom is -0.341 e. The van der Waals surface area contributed by atoms with E-state index in [1.807, 2.05) is 23.1 Å². The first-order valence-electron chi connectivity index (χ1n) is 7.66. The van der Waals surface area contributed by atoms with Crippen LogP contribution in [0.4, 0.5) is 0 Å². The van der Waals surface area contributed by atoms with Gasteiger partial charge in [0, 0.05) is 25.0 Å². The summed E-state index contributed by atoms with van der Waals surface area (Å²) < 4.78 is 0. The molecule has 110 valence electrons. The number of amides is 1. The second kappa shape index (κ2) is 6.89. The van der Waals surface area contributed by atoms with Gasteiger partial charge < -0.3 is 10.6 Å². The maximum absolute atomic E-state index is 12.8. The Labute approximate surface area is 122 Å². The van der Waals surface area contributed by atoms with E-state index in [2.05, 4.69) is 26.0 Å². The molecule has 2 N–H and O–H groups in total. The summed E-state index contributed by atoms with van der Waals surface area (Å²) in [6, 6.07) is 10.4. The second-order valence-corrected chi connectivity index (χ2v) is 6.23. The van der Waals surface area contributed by atoms with E-state index < -0.39 is 0 Å². The second-order valence-electron chi connectivity index (χ2n) is 6.23. The zero-order chi connectivity index (χ0) is 14.5. The van der Waals surface area contributed by atoms with Crippen molar-refractivity contribution in [3.05, 3.63) is 35.9 Å². The summed E-state index contributed by atoms with van der Waals surface area (Å²) >= 11 is 0. The molecule has 0 bridgehead atoms. The zero-order valence-electron chi connectivity index (χ0n) is 12.6. The molecule has 0 radical (unpaired) electrons. The van der Waals surface area contributed by atoms with Crippen molar-refractivity contribution in [2.24, 2.45) is 17.6 Å². The Bertz CT molecular complexity index is 430. The molecular weight excluding hydrogens is 248 g/mol. The first kappa shape index (κ1) is 15.0. The minimum absolute atomic E-state index is 0.0581. The Morgan fingerprint density at radius 2 is 2.05 bits per heavy atom. The quantitative estimate of drug-likeness (QED) is 0.916. The molecule has 0 spiro atoms. The largest absolute Gasteiger partial charge is 0.341 e. The fourth-order valence-electron chi connectivity index (χ4n) is 2.92. The van der Waals surface area contributed by atoms with E-state index in [-0.39, 0.29) is 17.9 Å². The Morgan fingerprint density at radius 3 is 2.65 bits per heavy atom. The van der Waals surface area contributed by atoms with Gasteiger partial charge in [0.25, 0.3) is 0 Å². The lowest BCUT2D eigenvalue weighted by Gasteiger charge is -2.34. The number of hydrogen-bond acceptors (Lipinski definition) is 2. The number of carbonyl (C=O) groups is 1. The fourth-order valence-corrected chi connectivity index (χ4v) is 2.92. The highest BCUT2D eigenvalue weighted by molar-refractivity contribution is 5.79. The standard InChI is InChI=1S/C17H26N2O/c1-13(2)16(11-14-7-4-3-5-8-14)17(20)19-10-6-9-15(18)12-19/h3-5,7-8,13,15-16H,6,9-12,18H2,1-2H3. The molecular formula is C17H26N2O. The molecule has 1 aromatic carbocycles. The normalized spacial score (nSPS) is 21.0. The maximum Gasteiger partial charge on any atom is 0.226 e. The predicted molar refractivity (Wildman–Crippen MR) is 82.3 cm³/mol. The summed E-state index contributed by atoms with van der Waals surface area (Å²) in [7, 11) is 0. The number of likely N-dealkylation sites (tertiary alicyclic amines) is 1. The molecule has 2 rings (SSSR count). The van der Waals surface area contributed by atoms with Crippen molar-refractivity contribution >= 4 is 5.91 Å². The average Bonchev–Trinajstić information content (AvgIpc) is 2.45. The van der Waals surface area contributed by atoms with E-state index in [4.69, 9.17) is 5.73 Å². The number of nitrogens with zero attached hydrogens (tertiary/aromatic N) is 1. The Kier molecular flexibility index (Phi) is 5.18. The number of rotatable bonds is 4. The van der Waals surface area contributed by atoms with Gasteiger partial charge in [-0.3, -0.25) is 4.79 Å². The molecule has 1 amide bonds. The number of nitrogens with two attached hydrogens (primary N) is 1. The number of hydrogen-bond donors (Lipinski definition) is 1. The van der Waals surface area contributed by atoms with Gasteiger partial charge >= 0.3 is 0 Å². The van der Waals surface area contributed by atoms with E-state index in [0.29, 0.717) is 5.92 Å². The highest BCUT2D eigenvalue weighted by atomic mass is 16.2. The van der Waals surface area contributed by atoms with Gasteiger partial charge in [-0.25, -0.2) is 0 Å². The molecule has 20 heavy (non-hydrogen) atoms. The van der Waals surface area contributed by atoms with E-state index in [9.17, 15) is 4.79 Å². The zero-order valence-corrected chi connectivity index (χ0v) is 12.6. The predicted octanol–water partition coefficient (Wildman–Crippen LogP) is 2.45. The third kappa shape index (κ3) is 3.83. The summed E-state index contributed by atoms with van der Waals surface area (Å²) in [5.41, 5.74) is 7.23. The number of benzene rings is 1. The van der Waals surface area contributed by atoms with Gasteiger partial charge in [0.1, 0.15) is 0 Å². The lowest BCUT2D eigenvalue weighted by Crippen LogP contribution is -2.48. The van der Waals surface area contributed by atoms with E-state index >= 15 is 0 Å². The Balaban J connectivity index is 2.06. The molecule has 3 nitrogen and oxygen atoms in total. The first-order valence-corrected chi connectivity index (χ1v) is 7.66. The van der Waals surface area contributed by atoms with E-state index in [0.717, 1.165) is 32.4 Å². The van der Waals surface area contributed by atoms with Crippen LogP contribution in [0.25, 0.3) is 0 Å². The van der Waals surface area contributed by atoms with Crippen molar-refractivity contribution < 1.29 is 4.79 Å². The third-order valence-electron chi connectivity index (χ3n) is 4.19. The van der Waals surface area contributed by atoms with Gasteiger partial charge in [-0.05, 0) is 30.7 Å². The van der Waals surface area contributed by atoms with Crippen LogP contribution in [0, 0.1) is 11.8 Å². The van der Waals surface area contributed by atoms with Crippen molar-refractivity contribution in [2.45, 2.75) is 39.2 Å². The van der Waals surface area contributed by atoms with Crippen molar-refractivity contribution in [1.29, 1.82) is 0 Å². The van der Waals surface area contributed by atoms with E-state index in [1.165, 1.54) is 5.56 Å². The molecule has 1 fully saturated rings. The lowest BCUT2D eigenvalue weighted by atomic mass is 9.87. The molecule has 1 aromatic rings. The lowest BCUT2D eigenvalue weighted by molar-refractivity contribution is -0.138. The van der Waals surface area contributed by atoms with Crippen molar-refractivity contribution in [3.8, 4) is 0 Å². The van der Waals surface area contributed by atoms with Crippen LogP contribution in [-0.2, 0) is 11.2 Å². The molecule has 3 heteroatoms. The van der Waals surface area contributed by atoms with Crippen LogP contribution in [0.1, 0.15) is 32.3 Å². The van der Waals surface area contributed by atoms with Gasteiger partial charge in [0.05, 0.1) is 0 Å². The van der Waals surface area contributed by atoms with Crippen LogP contribution in [0.2, 0.25) is 0 Å². The molecule has 1 saturated heterocycles. The van der Waals surface area contributed by atoms with Crippen LogP contribution in [0.5, 0.6) is 0 Å². The summed E-state index contributed by atoms with van der Waals surface area (Å²) in [6.45, 7) is 5.85. The van der Waals surface area contributed by atoms with Crippen LogP contribution in [0.15, 0.2) is 30.3 Å². The molecule has 2 unspecified atom stereocenters. The fraction of sp³-hybridized carbons (Fsp3) is 0.588. The molecule has 1 aliphatic heterocycles. The maximum atomic E-state index is 12.8. The Morgan fingerprint density at radius 1 is 1.35 bits per heavy atom. The van der Waals surface area contributed by atoms with Crippen LogP contribution in [0.3, 0.4) is 0 Å². The molecule has 1 aliphatic rings. The number of carbonyl (C=O) groups excluding carboxylic acids is 1. The van der Waals surface area contributed by atoms with Crippen LogP contribution < -0.4 is 5.73 Å². The summed E-state index contributed by atoms with van der Waals surface area (Å²) in [6.07, 6.45) is 2.89. The van der Waals surface area contributed by atoms with Crippen molar-refractivity contribution in [1.82, 2.24) is 4.90 Å². The summed E-state index contributed by atoms with van der Waals surface area (Å²) in [5.74, 6) is 0.683. The first-order chi connectivity index (χ1) is 9.58. The van der Waals surface area contributed by atoms with Crippen LogP contribution in [-0.4, -0.2) is 29.9 Å². The summed E-state index contributed by atoms with van der Waals surface area (Å²) in [4.78, 5) is 14.7. The average molecular weight is 274 g/mol. The topological polar surface area (TPSA) is 46.3 Å². The van der Waals surface area contributed by atoms with E-state index in [1.54, 1.807) is 0 Å². The van der Waals surface area contributed by atoms with Gasteiger partial charge in [-0.1, -0.05) is 44.2 Å². The molecule has 1 heterocycles. The smallest absolute Gasteiger partial charge is 0.226 e. The van der Waals surface area contributed by atoms with Gasteiger partial charge in [0.15, 0.2) is 0 Å². The molecule has 0 aromatic heterocycles. The molecule has 0 aliphatic carbocycles. The van der Waals surface area contributed by atoms with Gasteiger partial charge in [0.2, 0.25) is 5.91 Å². The van der Waals surface area contributed by atoms with Gasteiger partial charge in [-0.15, -0.1) is 0 Å². The molecule has 2 atom stereocenters. The number of piperidine rings is 1. The monoisotopic (exact) mass is 274 g/mol. The van der Waals surface area contributed by atoms with Gasteiger partial charge in [-0.2, -0.15) is 0 Å². The van der Waals surface area contributed by atoms with Crippen molar-refractivity contribution in [2.75, 3.05) is 13.1 Å². The molecule has 0 saturated carbocycles. The third-order valence-corrected chi connectivity index (χ3v) is 4.19. The van der Waals surface area contributed by atoms with Crippen molar-refractivity contribution in [3.63, 3.8) is 0 Å². The highest BCUT2D eigenvalue weighted by Crippen LogP contribution is 2.22. The SMILES string of the molecule is CC(C)C(Cc1ccccc1)C(=O)N1CCCC(N)C1. The summed E-state index contributed by atoms with van der Waals surface area (Å²) in [5, 5.41) is 0.